The maximum Gasteiger partial charge on any atom is 0.248 e. The summed E-state index contributed by atoms with van der Waals surface area (Å²) in [7, 11) is 0. The molecule has 1 aromatic rings. The largest absolute Gasteiger partial charge is 0.392 e. The number of nitrogens with two attached hydrogens (primary N) is 1. The van der Waals surface area contributed by atoms with Gasteiger partial charge in [-0.25, -0.2) is 4.39 Å². The van der Waals surface area contributed by atoms with E-state index in [-0.39, 0.29) is 11.9 Å². The number of hydrogen-bond acceptors (Lipinski definition) is 3. The zero-order valence-electron chi connectivity index (χ0n) is 9.40. The summed E-state index contributed by atoms with van der Waals surface area (Å²) >= 11 is 0. The number of amides is 1. The van der Waals surface area contributed by atoms with Gasteiger partial charge in [0, 0.05) is 30.8 Å². The van der Waals surface area contributed by atoms with Crippen LogP contribution in [-0.2, 0) is 6.54 Å². The van der Waals surface area contributed by atoms with Gasteiger partial charge in [0.2, 0.25) is 5.91 Å². The Hall–Kier alpha value is -1.46. The van der Waals surface area contributed by atoms with E-state index < -0.39 is 5.91 Å². The average Bonchev–Trinajstić information content (AvgIpc) is 2.67. The molecule has 4 nitrogen and oxygen atoms in total. The third-order valence-corrected chi connectivity index (χ3v) is 2.97. The van der Waals surface area contributed by atoms with E-state index in [0.717, 1.165) is 6.54 Å². The molecule has 0 radical (unpaired) electrons. The van der Waals surface area contributed by atoms with Crippen LogP contribution in [0.25, 0.3) is 0 Å². The lowest BCUT2D eigenvalue weighted by Gasteiger charge is -2.15. The molecular weight excluding hydrogens is 223 g/mol. The van der Waals surface area contributed by atoms with Crippen LogP contribution < -0.4 is 5.73 Å². The second kappa shape index (κ2) is 4.81. The Bertz CT molecular complexity index is 437. The number of halogens is 1. The predicted octanol–water partition coefficient (Wildman–Crippen LogP) is 0.491. The number of primary amides is 1. The fourth-order valence-corrected chi connectivity index (χ4v) is 2.05. The molecule has 0 aliphatic carbocycles. The third-order valence-electron chi connectivity index (χ3n) is 2.97. The van der Waals surface area contributed by atoms with E-state index in [1.165, 1.54) is 18.2 Å². The molecule has 1 saturated heterocycles. The van der Waals surface area contributed by atoms with Gasteiger partial charge in [-0.1, -0.05) is 0 Å². The van der Waals surface area contributed by atoms with Gasteiger partial charge in [-0.05, 0) is 24.6 Å². The summed E-state index contributed by atoms with van der Waals surface area (Å²) in [5, 5.41) is 9.38. The van der Waals surface area contributed by atoms with E-state index in [4.69, 9.17) is 5.73 Å². The van der Waals surface area contributed by atoms with Crippen LogP contribution in [0.5, 0.6) is 0 Å². The molecule has 1 aliphatic heterocycles. The number of carbonyl (C=O) groups excluding carboxylic acids is 1. The maximum absolute atomic E-state index is 13.5. The molecule has 1 unspecified atom stereocenters. The van der Waals surface area contributed by atoms with Crippen molar-refractivity contribution in [2.45, 2.75) is 19.1 Å². The molecule has 1 atom stereocenters. The zero-order valence-corrected chi connectivity index (χ0v) is 9.40. The molecule has 92 valence electrons. The van der Waals surface area contributed by atoms with E-state index in [2.05, 4.69) is 0 Å². The minimum Gasteiger partial charge on any atom is -0.392 e. The fraction of sp³-hybridized carbons (Fsp3) is 0.417. The molecule has 0 spiro atoms. The lowest BCUT2D eigenvalue weighted by atomic mass is 10.1. The average molecular weight is 238 g/mol. The van der Waals surface area contributed by atoms with Gasteiger partial charge in [0.05, 0.1) is 6.10 Å². The molecule has 0 bridgehead atoms. The monoisotopic (exact) mass is 238 g/mol. The van der Waals surface area contributed by atoms with E-state index >= 15 is 0 Å². The van der Waals surface area contributed by atoms with Crippen LogP contribution in [0.1, 0.15) is 22.3 Å². The first-order valence-electron chi connectivity index (χ1n) is 5.55. The second-order valence-corrected chi connectivity index (χ2v) is 4.35. The standard InChI is InChI=1S/C12H15FN2O2/c13-11-2-1-8(12(14)17)5-9(11)6-15-4-3-10(16)7-15/h1-2,5,10,16H,3-4,6-7H2,(H2,14,17). The maximum atomic E-state index is 13.5. The van der Waals surface area contributed by atoms with Gasteiger partial charge >= 0.3 is 0 Å². The van der Waals surface area contributed by atoms with Gasteiger partial charge in [-0.3, -0.25) is 9.69 Å². The molecule has 1 fully saturated rings. The van der Waals surface area contributed by atoms with Gasteiger partial charge in [0.25, 0.3) is 0 Å². The fourth-order valence-electron chi connectivity index (χ4n) is 2.05. The van der Waals surface area contributed by atoms with E-state index in [9.17, 15) is 14.3 Å². The number of rotatable bonds is 3. The van der Waals surface area contributed by atoms with Crippen molar-refractivity contribution in [3.63, 3.8) is 0 Å². The molecule has 1 aliphatic rings. The Labute approximate surface area is 98.8 Å². The molecule has 2 rings (SSSR count). The van der Waals surface area contributed by atoms with Crippen LogP contribution in [0.3, 0.4) is 0 Å². The van der Waals surface area contributed by atoms with Crippen molar-refractivity contribution in [2.75, 3.05) is 13.1 Å². The molecular formula is C12H15FN2O2. The third kappa shape index (κ3) is 2.81. The number of benzene rings is 1. The smallest absolute Gasteiger partial charge is 0.248 e. The molecule has 17 heavy (non-hydrogen) atoms. The van der Waals surface area contributed by atoms with Gasteiger partial charge < -0.3 is 10.8 Å². The highest BCUT2D eigenvalue weighted by Gasteiger charge is 2.21. The summed E-state index contributed by atoms with van der Waals surface area (Å²) in [6.45, 7) is 1.67. The SMILES string of the molecule is NC(=O)c1ccc(F)c(CN2CCC(O)C2)c1. The highest BCUT2D eigenvalue weighted by molar-refractivity contribution is 5.92. The molecule has 1 amide bonds. The summed E-state index contributed by atoms with van der Waals surface area (Å²) in [6.07, 6.45) is 0.370. The number of aliphatic hydroxyl groups is 1. The van der Waals surface area contributed by atoms with E-state index in [1.54, 1.807) is 0 Å². The lowest BCUT2D eigenvalue weighted by Crippen LogP contribution is -2.22. The molecule has 3 N–H and O–H groups in total. The Morgan fingerprint density at radius 1 is 1.59 bits per heavy atom. The Morgan fingerprint density at radius 2 is 2.35 bits per heavy atom. The lowest BCUT2D eigenvalue weighted by molar-refractivity contribution is 0.1000. The molecule has 1 aromatic carbocycles. The summed E-state index contributed by atoms with van der Waals surface area (Å²) in [6, 6.07) is 4.10. The van der Waals surface area contributed by atoms with Crippen LogP contribution in [0.2, 0.25) is 0 Å². The number of aliphatic hydroxyl groups excluding tert-OH is 1. The van der Waals surface area contributed by atoms with Crippen molar-refractivity contribution in [1.29, 1.82) is 0 Å². The van der Waals surface area contributed by atoms with E-state index in [1.807, 2.05) is 4.90 Å². The Balaban J connectivity index is 2.14. The Morgan fingerprint density at radius 3 is 2.94 bits per heavy atom. The number of β-amino-alcohol motifs (C(OH)–C–C–N with tert-alkyl or cyclic N) is 1. The number of nitrogens with zero attached hydrogens (tertiary/aromatic N) is 1. The normalized spacial score (nSPS) is 20.7. The Kier molecular flexibility index (Phi) is 3.40. The number of carbonyl (C=O) groups is 1. The van der Waals surface area contributed by atoms with E-state index in [0.29, 0.717) is 30.6 Å². The minimum atomic E-state index is -0.562. The molecule has 1 heterocycles. The van der Waals surface area contributed by atoms with Crippen molar-refractivity contribution in [2.24, 2.45) is 5.73 Å². The van der Waals surface area contributed by atoms with Gasteiger partial charge in [0.1, 0.15) is 5.82 Å². The quantitative estimate of drug-likeness (QED) is 0.805. The van der Waals surface area contributed by atoms with Gasteiger partial charge in [0.15, 0.2) is 0 Å². The van der Waals surface area contributed by atoms with Gasteiger partial charge in [-0.2, -0.15) is 0 Å². The summed E-state index contributed by atoms with van der Waals surface area (Å²) < 4.78 is 13.5. The topological polar surface area (TPSA) is 66.6 Å². The van der Waals surface area contributed by atoms with Crippen LogP contribution in [0, 0.1) is 5.82 Å². The van der Waals surface area contributed by atoms with Crippen molar-refractivity contribution in [3.8, 4) is 0 Å². The highest BCUT2D eigenvalue weighted by atomic mass is 19.1. The first-order valence-corrected chi connectivity index (χ1v) is 5.55. The van der Waals surface area contributed by atoms with Crippen molar-refractivity contribution in [1.82, 2.24) is 4.90 Å². The van der Waals surface area contributed by atoms with Crippen LogP contribution in [-0.4, -0.2) is 35.1 Å². The first-order chi connectivity index (χ1) is 8.06. The van der Waals surface area contributed by atoms with Crippen LogP contribution in [0.15, 0.2) is 18.2 Å². The number of likely N-dealkylation sites (tertiary alicyclic amines) is 1. The highest BCUT2D eigenvalue weighted by Crippen LogP contribution is 2.17. The minimum absolute atomic E-state index is 0.307. The molecule has 5 heteroatoms. The molecule has 0 aromatic heterocycles. The van der Waals surface area contributed by atoms with Crippen molar-refractivity contribution in [3.05, 3.63) is 35.1 Å². The predicted molar refractivity (Wildman–Crippen MR) is 60.8 cm³/mol. The van der Waals surface area contributed by atoms with Crippen LogP contribution >= 0.6 is 0 Å². The second-order valence-electron chi connectivity index (χ2n) is 4.35. The first kappa shape index (κ1) is 12.0. The number of hydrogen-bond donors (Lipinski definition) is 2. The van der Waals surface area contributed by atoms with Crippen molar-refractivity contribution >= 4 is 5.91 Å². The summed E-state index contributed by atoms with van der Waals surface area (Å²) in [4.78, 5) is 13.0. The zero-order chi connectivity index (χ0) is 12.4. The van der Waals surface area contributed by atoms with Crippen LogP contribution in [0.4, 0.5) is 4.39 Å². The summed E-state index contributed by atoms with van der Waals surface area (Å²) in [5.74, 6) is -0.913. The molecule has 0 saturated carbocycles. The van der Waals surface area contributed by atoms with Crippen molar-refractivity contribution < 1.29 is 14.3 Å². The van der Waals surface area contributed by atoms with Gasteiger partial charge in [-0.15, -0.1) is 0 Å². The summed E-state index contributed by atoms with van der Waals surface area (Å²) in [5.41, 5.74) is 5.89.